The van der Waals surface area contributed by atoms with Gasteiger partial charge in [-0.2, -0.15) is 0 Å². The van der Waals surface area contributed by atoms with Crippen LogP contribution in [-0.2, 0) is 18.3 Å². The molecule has 1 nitrogen and oxygen atoms in total. The van der Waals surface area contributed by atoms with E-state index < -0.39 is 0 Å². The normalized spacial score (nSPS) is 22.2. The molecule has 1 fully saturated rings. The first-order valence-corrected chi connectivity index (χ1v) is 6.16. The minimum atomic E-state index is 0.345. The molecule has 1 aromatic carbocycles. The van der Waals surface area contributed by atoms with Crippen LogP contribution in [0.5, 0.6) is 0 Å². The summed E-state index contributed by atoms with van der Waals surface area (Å²) in [5.74, 6) is 0. The summed E-state index contributed by atoms with van der Waals surface area (Å²) in [6, 6.07) is 7.11. The molecule has 2 aliphatic carbocycles. The number of rotatable bonds is 2. The molecule has 0 aromatic heterocycles. The molecule has 15 heavy (non-hydrogen) atoms. The maximum absolute atomic E-state index is 5.95. The van der Waals surface area contributed by atoms with Crippen molar-refractivity contribution in [3.05, 3.63) is 34.9 Å². The fourth-order valence-corrected chi connectivity index (χ4v) is 3.12. The van der Waals surface area contributed by atoms with Crippen LogP contribution in [0.15, 0.2) is 18.2 Å². The molecule has 0 radical (unpaired) electrons. The zero-order valence-corrected chi connectivity index (χ0v) is 9.26. The molecule has 0 spiro atoms. The molecule has 1 heteroatoms. The van der Waals surface area contributed by atoms with Gasteiger partial charge in [0.25, 0.3) is 0 Å². The summed E-state index contributed by atoms with van der Waals surface area (Å²) in [5, 5.41) is 0. The first kappa shape index (κ1) is 9.41. The Morgan fingerprint density at radius 1 is 1.07 bits per heavy atom. The molecule has 0 aliphatic heterocycles. The van der Waals surface area contributed by atoms with Gasteiger partial charge in [0.2, 0.25) is 0 Å². The molecular weight excluding hydrogens is 182 g/mol. The van der Waals surface area contributed by atoms with E-state index >= 15 is 0 Å². The Hall–Kier alpha value is -0.820. The van der Waals surface area contributed by atoms with Crippen LogP contribution in [0.25, 0.3) is 0 Å². The Balaban J connectivity index is 1.98. The Labute approximate surface area is 91.7 Å². The van der Waals surface area contributed by atoms with Crippen molar-refractivity contribution in [3.63, 3.8) is 0 Å². The summed E-state index contributed by atoms with van der Waals surface area (Å²) >= 11 is 0. The van der Waals surface area contributed by atoms with E-state index in [1.54, 1.807) is 11.1 Å². The van der Waals surface area contributed by atoms with Crippen LogP contribution in [-0.4, -0.2) is 6.54 Å². The second-order valence-electron chi connectivity index (χ2n) is 5.18. The largest absolute Gasteiger partial charge is 0.330 e. The van der Waals surface area contributed by atoms with E-state index in [1.807, 2.05) is 0 Å². The minimum absolute atomic E-state index is 0.345. The standard InChI is InChI=1S/C14H19N/c15-10-14(7-2-8-14)13-6-5-11-3-1-4-12(11)9-13/h5-6,9H,1-4,7-8,10,15H2. The van der Waals surface area contributed by atoms with Gasteiger partial charge in [0.05, 0.1) is 0 Å². The topological polar surface area (TPSA) is 26.0 Å². The maximum Gasteiger partial charge on any atom is 0.00756 e. The fourth-order valence-electron chi connectivity index (χ4n) is 3.12. The van der Waals surface area contributed by atoms with Crippen molar-refractivity contribution >= 4 is 0 Å². The van der Waals surface area contributed by atoms with E-state index in [-0.39, 0.29) is 0 Å². The smallest absolute Gasteiger partial charge is 0.00756 e. The lowest BCUT2D eigenvalue weighted by Crippen LogP contribution is -2.41. The van der Waals surface area contributed by atoms with Crippen molar-refractivity contribution in [1.82, 2.24) is 0 Å². The van der Waals surface area contributed by atoms with Crippen molar-refractivity contribution in [2.24, 2.45) is 5.73 Å². The van der Waals surface area contributed by atoms with Gasteiger partial charge in [0.15, 0.2) is 0 Å². The van der Waals surface area contributed by atoms with Crippen LogP contribution < -0.4 is 5.73 Å². The molecule has 0 unspecified atom stereocenters. The van der Waals surface area contributed by atoms with Crippen LogP contribution in [0.1, 0.15) is 42.4 Å². The van der Waals surface area contributed by atoms with Crippen LogP contribution in [0.4, 0.5) is 0 Å². The van der Waals surface area contributed by atoms with Crippen molar-refractivity contribution in [3.8, 4) is 0 Å². The number of aryl methyl sites for hydroxylation is 2. The fraction of sp³-hybridized carbons (Fsp3) is 0.571. The minimum Gasteiger partial charge on any atom is -0.330 e. The van der Waals surface area contributed by atoms with E-state index in [1.165, 1.54) is 44.1 Å². The number of benzene rings is 1. The molecule has 1 aromatic rings. The third-order valence-corrected chi connectivity index (χ3v) is 4.41. The molecular formula is C14H19N. The van der Waals surface area contributed by atoms with Gasteiger partial charge < -0.3 is 5.73 Å². The number of hydrogen-bond donors (Lipinski definition) is 1. The molecule has 2 N–H and O–H groups in total. The summed E-state index contributed by atoms with van der Waals surface area (Å²) < 4.78 is 0. The monoisotopic (exact) mass is 201 g/mol. The highest BCUT2D eigenvalue weighted by molar-refractivity contribution is 5.39. The van der Waals surface area contributed by atoms with Crippen LogP contribution >= 0.6 is 0 Å². The van der Waals surface area contributed by atoms with E-state index in [4.69, 9.17) is 5.73 Å². The molecule has 1 saturated carbocycles. The van der Waals surface area contributed by atoms with Crippen molar-refractivity contribution in [1.29, 1.82) is 0 Å². The van der Waals surface area contributed by atoms with Crippen LogP contribution in [0, 0.1) is 0 Å². The predicted octanol–water partition coefficient (Wildman–Crippen LogP) is 2.56. The molecule has 2 aliphatic rings. The van der Waals surface area contributed by atoms with Gasteiger partial charge in [-0.1, -0.05) is 24.6 Å². The quantitative estimate of drug-likeness (QED) is 0.782. The predicted molar refractivity (Wildman–Crippen MR) is 63.1 cm³/mol. The number of fused-ring (bicyclic) bond motifs is 1. The Morgan fingerprint density at radius 2 is 1.87 bits per heavy atom. The highest BCUT2D eigenvalue weighted by Crippen LogP contribution is 2.43. The van der Waals surface area contributed by atoms with Crippen molar-refractivity contribution in [2.45, 2.75) is 43.9 Å². The summed E-state index contributed by atoms with van der Waals surface area (Å²) in [5.41, 5.74) is 11.0. The average Bonchev–Trinajstić information content (AvgIpc) is 2.64. The summed E-state index contributed by atoms with van der Waals surface area (Å²) in [4.78, 5) is 0. The lowest BCUT2D eigenvalue weighted by atomic mass is 9.64. The third kappa shape index (κ3) is 1.33. The van der Waals surface area contributed by atoms with Crippen LogP contribution in [0.3, 0.4) is 0 Å². The zero-order valence-electron chi connectivity index (χ0n) is 9.26. The Kier molecular flexibility index (Phi) is 2.10. The molecule has 0 amide bonds. The van der Waals surface area contributed by atoms with Gasteiger partial charge in [-0.25, -0.2) is 0 Å². The number of hydrogen-bond acceptors (Lipinski definition) is 1. The Bertz CT molecular complexity index is 371. The first-order chi connectivity index (χ1) is 7.34. The molecule has 0 bridgehead atoms. The molecule has 3 rings (SSSR count). The van der Waals surface area contributed by atoms with Gasteiger partial charge in [-0.15, -0.1) is 0 Å². The number of nitrogens with two attached hydrogens (primary N) is 1. The van der Waals surface area contributed by atoms with E-state index in [2.05, 4.69) is 18.2 Å². The van der Waals surface area contributed by atoms with Gasteiger partial charge >= 0.3 is 0 Å². The molecule has 0 heterocycles. The molecule has 0 atom stereocenters. The van der Waals surface area contributed by atoms with Crippen molar-refractivity contribution < 1.29 is 0 Å². The summed E-state index contributed by atoms with van der Waals surface area (Å²) in [6.45, 7) is 0.825. The third-order valence-electron chi connectivity index (χ3n) is 4.41. The van der Waals surface area contributed by atoms with Gasteiger partial charge in [0, 0.05) is 12.0 Å². The molecule has 0 saturated heterocycles. The molecule has 80 valence electrons. The van der Waals surface area contributed by atoms with Gasteiger partial charge in [0.1, 0.15) is 0 Å². The van der Waals surface area contributed by atoms with Gasteiger partial charge in [-0.05, 0) is 48.8 Å². The first-order valence-electron chi connectivity index (χ1n) is 6.16. The van der Waals surface area contributed by atoms with E-state index in [0.717, 1.165) is 6.54 Å². The highest BCUT2D eigenvalue weighted by atomic mass is 14.6. The van der Waals surface area contributed by atoms with Crippen molar-refractivity contribution in [2.75, 3.05) is 6.54 Å². The van der Waals surface area contributed by atoms with E-state index in [0.29, 0.717) is 5.41 Å². The summed E-state index contributed by atoms with van der Waals surface area (Å²) in [6.07, 6.45) is 7.85. The average molecular weight is 201 g/mol. The zero-order chi connectivity index (χ0) is 10.3. The lowest BCUT2D eigenvalue weighted by Gasteiger charge is -2.41. The highest BCUT2D eigenvalue weighted by Gasteiger charge is 2.37. The summed E-state index contributed by atoms with van der Waals surface area (Å²) in [7, 11) is 0. The van der Waals surface area contributed by atoms with Gasteiger partial charge in [-0.3, -0.25) is 0 Å². The SMILES string of the molecule is NCC1(c2ccc3c(c2)CCC3)CCC1. The van der Waals surface area contributed by atoms with Crippen LogP contribution in [0.2, 0.25) is 0 Å². The van der Waals surface area contributed by atoms with E-state index in [9.17, 15) is 0 Å². The second kappa shape index (κ2) is 3.34. The Morgan fingerprint density at radius 3 is 2.53 bits per heavy atom. The lowest BCUT2D eigenvalue weighted by molar-refractivity contribution is 0.253. The second-order valence-corrected chi connectivity index (χ2v) is 5.18. The maximum atomic E-state index is 5.95.